The molecular formula is C23H23N5. The lowest BCUT2D eigenvalue weighted by Gasteiger charge is -2.34. The minimum atomic E-state index is 0.549. The molecule has 1 aliphatic rings. The predicted molar refractivity (Wildman–Crippen MR) is 112 cm³/mol. The van der Waals surface area contributed by atoms with Gasteiger partial charge in [-0.2, -0.15) is 5.26 Å². The highest BCUT2D eigenvalue weighted by molar-refractivity contribution is 5.76. The summed E-state index contributed by atoms with van der Waals surface area (Å²) in [5, 5.41) is 9.99. The quantitative estimate of drug-likeness (QED) is 0.704. The Balaban J connectivity index is 1.90. The molecule has 5 heteroatoms. The maximum Gasteiger partial charge on any atom is 0.162 e. The monoisotopic (exact) mass is 369 g/mol. The van der Waals surface area contributed by atoms with Gasteiger partial charge in [-0.1, -0.05) is 60.2 Å². The molecule has 0 N–H and O–H groups in total. The molecule has 1 aromatic heterocycles. The molecule has 0 bridgehead atoms. The molecular weight excluding hydrogens is 346 g/mol. The van der Waals surface area contributed by atoms with Crippen molar-refractivity contribution >= 4 is 5.82 Å². The Morgan fingerprint density at radius 3 is 2.18 bits per heavy atom. The molecule has 0 unspecified atom stereocenters. The topological polar surface area (TPSA) is 56.1 Å². The maximum atomic E-state index is 9.99. The molecule has 2 heterocycles. The smallest absolute Gasteiger partial charge is 0.162 e. The molecule has 0 saturated carbocycles. The van der Waals surface area contributed by atoms with Gasteiger partial charge in [0.2, 0.25) is 0 Å². The Morgan fingerprint density at radius 1 is 0.857 bits per heavy atom. The average Bonchev–Trinajstić information content (AvgIpc) is 2.74. The van der Waals surface area contributed by atoms with Crippen LogP contribution in [0.4, 0.5) is 5.82 Å². The molecule has 0 radical (unpaired) electrons. The molecule has 0 atom stereocenters. The van der Waals surface area contributed by atoms with E-state index in [1.165, 1.54) is 5.56 Å². The first kappa shape index (κ1) is 18.1. The van der Waals surface area contributed by atoms with Gasteiger partial charge in [-0.15, -0.1) is 0 Å². The second-order valence-corrected chi connectivity index (χ2v) is 7.23. The molecule has 0 amide bonds. The van der Waals surface area contributed by atoms with Crippen LogP contribution in [-0.4, -0.2) is 48.1 Å². The van der Waals surface area contributed by atoms with Crippen molar-refractivity contribution in [2.45, 2.75) is 6.92 Å². The summed E-state index contributed by atoms with van der Waals surface area (Å²) < 4.78 is 0. The van der Waals surface area contributed by atoms with Gasteiger partial charge in [-0.25, -0.2) is 9.97 Å². The van der Waals surface area contributed by atoms with Gasteiger partial charge >= 0.3 is 0 Å². The SMILES string of the molecule is Cc1ccc(-c2nc(-c3ccccc3)nc(N3CCN(C)CC3)c2C#N)cc1. The molecule has 28 heavy (non-hydrogen) atoms. The Bertz CT molecular complexity index is 998. The lowest BCUT2D eigenvalue weighted by molar-refractivity contribution is 0.312. The molecule has 2 aromatic carbocycles. The summed E-state index contributed by atoms with van der Waals surface area (Å²) in [6.45, 7) is 5.67. The molecule has 5 nitrogen and oxygen atoms in total. The second-order valence-electron chi connectivity index (χ2n) is 7.23. The largest absolute Gasteiger partial charge is 0.353 e. The van der Waals surface area contributed by atoms with Crippen LogP contribution in [0.25, 0.3) is 22.6 Å². The van der Waals surface area contributed by atoms with Crippen LogP contribution in [0.5, 0.6) is 0 Å². The molecule has 4 rings (SSSR count). The third-order valence-electron chi connectivity index (χ3n) is 5.16. The van der Waals surface area contributed by atoms with E-state index in [2.05, 4.69) is 42.0 Å². The summed E-state index contributed by atoms with van der Waals surface area (Å²) in [6.07, 6.45) is 0. The van der Waals surface area contributed by atoms with Gasteiger partial charge < -0.3 is 9.80 Å². The Labute approximate surface area is 165 Å². The minimum Gasteiger partial charge on any atom is -0.353 e. The normalized spacial score (nSPS) is 14.7. The number of nitrogens with zero attached hydrogens (tertiary/aromatic N) is 5. The van der Waals surface area contributed by atoms with E-state index >= 15 is 0 Å². The fraction of sp³-hybridized carbons (Fsp3) is 0.261. The fourth-order valence-electron chi connectivity index (χ4n) is 3.44. The van der Waals surface area contributed by atoms with Crippen molar-refractivity contribution in [3.8, 4) is 28.7 Å². The van der Waals surface area contributed by atoms with Gasteiger partial charge in [-0.05, 0) is 14.0 Å². The minimum absolute atomic E-state index is 0.549. The van der Waals surface area contributed by atoms with Crippen molar-refractivity contribution in [2.75, 3.05) is 38.1 Å². The number of nitriles is 1. The first-order valence-electron chi connectivity index (χ1n) is 9.54. The molecule has 3 aromatic rings. The van der Waals surface area contributed by atoms with Crippen molar-refractivity contribution in [1.29, 1.82) is 5.26 Å². The Hall–Kier alpha value is -3.23. The number of likely N-dealkylation sites (N-methyl/N-ethyl adjacent to an activating group) is 1. The van der Waals surface area contributed by atoms with E-state index in [-0.39, 0.29) is 0 Å². The van der Waals surface area contributed by atoms with Gasteiger partial charge in [0.25, 0.3) is 0 Å². The molecule has 140 valence electrons. The summed E-state index contributed by atoms with van der Waals surface area (Å²) in [7, 11) is 2.12. The third-order valence-corrected chi connectivity index (χ3v) is 5.16. The zero-order chi connectivity index (χ0) is 19.5. The number of rotatable bonds is 3. The highest BCUT2D eigenvalue weighted by atomic mass is 15.3. The van der Waals surface area contributed by atoms with Crippen LogP contribution in [0, 0.1) is 18.3 Å². The van der Waals surface area contributed by atoms with E-state index in [1.807, 2.05) is 42.5 Å². The van der Waals surface area contributed by atoms with Crippen molar-refractivity contribution in [3.05, 3.63) is 65.7 Å². The first-order chi connectivity index (χ1) is 13.7. The second kappa shape index (κ2) is 7.79. The van der Waals surface area contributed by atoms with Crippen LogP contribution in [0.15, 0.2) is 54.6 Å². The van der Waals surface area contributed by atoms with Gasteiger partial charge in [0.05, 0.1) is 5.69 Å². The molecule has 0 aliphatic carbocycles. The summed E-state index contributed by atoms with van der Waals surface area (Å²) >= 11 is 0. The molecule has 1 saturated heterocycles. The van der Waals surface area contributed by atoms with E-state index in [0.29, 0.717) is 17.1 Å². The van der Waals surface area contributed by atoms with Crippen molar-refractivity contribution in [3.63, 3.8) is 0 Å². The van der Waals surface area contributed by atoms with E-state index in [4.69, 9.17) is 9.97 Å². The van der Waals surface area contributed by atoms with Crippen molar-refractivity contribution in [2.24, 2.45) is 0 Å². The van der Waals surface area contributed by atoms with E-state index in [1.54, 1.807) is 0 Å². The number of aromatic nitrogens is 2. The lowest BCUT2D eigenvalue weighted by Crippen LogP contribution is -2.45. The van der Waals surface area contributed by atoms with Crippen LogP contribution in [0.1, 0.15) is 11.1 Å². The number of hydrogen-bond donors (Lipinski definition) is 0. The number of benzene rings is 2. The summed E-state index contributed by atoms with van der Waals surface area (Å²) in [5.41, 5.74) is 4.32. The first-order valence-corrected chi connectivity index (χ1v) is 9.54. The number of aryl methyl sites for hydroxylation is 1. The maximum absolute atomic E-state index is 9.99. The molecule has 1 fully saturated rings. The van der Waals surface area contributed by atoms with Gasteiger partial charge in [0.15, 0.2) is 11.6 Å². The van der Waals surface area contributed by atoms with E-state index in [0.717, 1.165) is 43.1 Å². The lowest BCUT2D eigenvalue weighted by atomic mass is 10.0. The van der Waals surface area contributed by atoms with Crippen LogP contribution in [0.2, 0.25) is 0 Å². The standard InChI is InChI=1S/C23H23N5/c1-17-8-10-18(11-9-17)21-20(16-24)23(28-14-12-27(2)13-15-28)26-22(25-21)19-6-4-3-5-7-19/h3-11H,12-15H2,1-2H3. The molecule has 1 aliphatic heterocycles. The van der Waals surface area contributed by atoms with Gasteiger partial charge in [-0.3, -0.25) is 0 Å². The van der Waals surface area contributed by atoms with Crippen LogP contribution in [-0.2, 0) is 0 Å². The van der Waals surface area contributed by atoms with E-state index in [9.17, 15) is 5.26 Å². The van der Waals surface area contributed by atoms with Crippen LogP contribution in [0.3, 0.4) is 0 Å². The number of anilines is 1. The van der Waals surface area contributed by atoms with Crippen molar-refractivity contribution in [1.82, 2.24) is 14.9 Å². The van der Waals surface area contributed by atoms with Crippen molar-refractivity contribution < 1.29 is 0 Å². The van der Waals surface area contributed by atoms with Crippen LogP contribution >= 0.6 is 0 Å². The summed E-state index contributed by atoms with van der Waals surface area (Å²) in [4.78, 5) is 14.2. The number of hydrogen-bond acceptors (Lipinski definition) is 5. The highest BCUT2D eigenvalue weighted by Crippen LogP contribution is 2.31. The average molecular weight is 369 g/mol. The third kappa shape index (κ3) is 3.60. The zero-order valence-corrected chi connectivity index (χ0v) is 16.3. The zero-order valence-electron chi connectivity index (χ0n) is 16.3. The number of piperazine rings is 1. The summed E-state index contributed by atoms with van der Waals surface area (Å²) in [5.74, 6) is 1.39. The van der Waals surface area contributed by atoms with Crippen LogP contribution < -0.4 is 4.90 Å². The van der Waals surface area contributed by atoms with Gasteiger partial charge in [0, 0.05) is 37.3 Å². The Kier molecular flexibility index (Phi) is 5.05. The van der Waals surface area contributed by atoms with E-state index < -0.39 is 0 Å². The predicted octanol–water partition coefficient (Wildman–Crippen LogP) is 3.74. The van der Waals surface area contributed by atoms with Gasteiger partial charge in [0.1, 0.15) is 11.6 Å². The summed E-state index contributed by atoms with van der Waals surface area (Å²) in [6, 6.07) is 20.5. The Morgan fingerprint density at radius 2 is 1.54 bits per heavy atom. The molecule has 0 spiro atoms. The fourth-order valence-corrected chi connectivity index (χ4v) is 3.44. The highest BCUT2D eigenvalue weighted by Gasteiger charge is 2.23.